The van der Waals surface area contributed by atoms with Crippen molar-refractivity contribution < 1.29 is 57.6 Å². The summed E-state index contributed by atoms with van der Waals surface area (Å²) in [6, 6.07) is 12.0. The van der Waals surface area contributed by atoms with Crippen LogP contribution >= 0.6 is 12.9 Å². The van der Waals surface area contributed by atoms with Gasteiger partial charge in [-0.25, -0.2) is 14.4 Å². The number of methoxy groups -OCH3 is 2. The number of hydrogen-bond donors (Lipinski definition) is 4. The summed E-state index contributed by atoms with van der Waals surface area (Å²) >= 11 is 3.64. The maximum absolute atomic E-state index is 12.5. The standard InChI is InChI=1S/C29H31NO12S/c1-37-24-15-18(3-6-21(24)31)27(34)39-12-9-30(10-13-40-28(35)19-4-7-22(32)25(16-19)38-2)11-14-41-29(36)20-5-8-23(33)26(17-20)42-43/h3-8,15-17,31-33,43H,9-14H2,1-2H3. The Kier molecular flexibility index (Phi) is 12.2. The van der Waals surface area contributed by atoms with E-state index in [9.17, 15) is 29.7 Å². The summed E-state index contributed by atoms with van der Waals surface area (Å²) in [6.07, 6.45) is 0. The van der Waals surface area contributed by atoms with E-state index in [0.717, 1.165) is 0 Å². The first-order valence-electron chi connectivity index (χ1n) is 12.8. The van der Waals surface area contributed by atoms with Crippen molar-refractivity contribution in [3.63, 3.8) is 0 Å². The Morgan fingerprint density at radius 2 is 0.930 bits per heavy atom. The van der Waals surface area contributed by atoms with Crippen LogP contribution in [0.1, 0.15) is 31.1 Å². The van der Waals surface area contributed by atoms with Crippen LogP contribution in [-0.4, -0.2) is 91.8 Å². The molecule has 0 heterocycles. The minimum Gasteiger partial charge on any atom is -0.504 e. The van der Waals surface area contributed by atoms with Crippen molar-refractivity contribution >= 4 is 30.8 Å². The van der Waals surface area contributed by atoms with Gasteiger partial charge in [0.2, 0.25) is 0 Å². The van der Waals surface area contributed by atoms with E-state index in [-0.39, 0.29) is 90.6 Å². The number of phenolic OH excluding ortho intramolecular Hbond substituents is 3. The van der Waals surface area contributed by atoms with Gasteiger partial charge in [0.25, 0.3) is 0 Å². The van der Waals surface area contributed by atoms with E-state index in [0.29, 0.717) is 0 Å². The van der Waals surface area contributed by atoms with Gasteiger partial charge in [-0.15, -0.1) is 0 Å². The normalized spacial score (nSPS) is 10.6. The topological polar surface area (TPSA) is 171 Å². The van der Waals surface area contributed by atoms with Gasteiger partial charge in [-0.05, 0) is 48.5 Å². The summed E-state index contributed by atoms with van der Waals surface area (Å²) in [4.78, 5) is 39.2. The van der Waals surface area contributed by atoms with E-state index in [4.69, 9.17) is 27.9 Å². The Balaban J connectivity index is 1.58. The van der Waals surface area contributed by atoms with Crippen molar-refractivity contribution in [2.45, 2.75) is 0 Å². The lowest BCUT2D eigenvalue weighted by molar-refractivity contribution is 0.0331. The molecule has 14 heteroatoms. The number of phenols is 3. The number of thiol groups is 1. The maximum atomic E-state index is 12.5. The average Bonchev–Trinajstić information content (AvgIpc) is 3.01. The molecule has 3 aromatic carbocycles. The van der Waals surface area contributed by atoms with Crippen LogP contribution in [0.5, 0.6) is 34.5 Å². The number of ether oxygens (including phenoxy) is 5. The first-order valence-corrected chi connectivity index (χ1v) is 13.2. The Hall–Kier alpha value is -4.82. The monoisotopic (exact) mass is 617 g/mol. The summed E-state index contributed by atoms with van der Waals surface area (Å²) < 4.78 is 30.8. The van der Waals surface area contributed by atoms with Crippen LogP contribution in [0.15, 0.2) is 54.6 Å². The number of hydrogen-bond acceptors (Lipinski definition) is 14. The average molecular weight is 618 g/mol. The smallest absolute Gasteiger partial charge is 0.338 e. The van der Waals surface area contributed by atoms with E-state index in [1.807, 2.05) is 0 Å². The summed E-state index contributed by atoms with van der Waals surface area (Å²) in [6.45, 7) is 0.400. The highest BCUT2D eigenvalue weighted by molar-refractivity contribution is 7.75. The molecule has 0 radical (unpaired) electrons. The van der Waals surface area contributed by atoms with Gasteiger partial charge in [-0.1, -0.05) is 0 Å². The highest BCUT2D eigenvalue weighted by Gasteiger charge is 2.16. The van der Waals surface area contributed by atoms with Crippen LogP contribution in [0.25, 0.3) is 0 Å². The molecule has 3 aromatic rings. The molecule has 43 heavy (non-hydrogen) atoms. The zero-order valence-corrected chi connectivity index (χ0v) is 24.2. The highest BCUT2D eigenvalue weighted by atomic mass is 32.1. The fourth-order valence-electron chi connectivity index (χ4n) is 3.71. The second-order valence-corrected chi connectivity index (χ2v) is 8.98. The third kappa shape index (κ3) is 9.34. The summed E-state index contributed by atoms with van der Waals surface area (Å²) in [7, 11) is 2.71. The number of carbonyl (C=O) groups is 3. The lowest BCUT2D eigenvalue weighted by Gasteiger charge is -2.22. The fraction of sp³-hybridized carbons (Fsp3) is 0.276. The van der Waals surface area contributed by atoms with Gasteiger partial charge in [0.15, 0.2) is 34.5 Å². The molecule has 0 aromatic heterocycles. The number of esters is 3. The first-order chi connectivity index (χ1) is 20.7. The molecule has 0 saturated carbocycles. The van der Waals surface area contributed by atoms with E-state index in [1.54, 1.807) is 4.90 Å². The molecule has 13 nitrogen and oxygen atoms in total. The number of benzene rings is 3. The molecule has 0 bridgehead atoms. The zero-order chi connectivity index (χ0) is 31.4. The van der Waals surface area contributed by atoms with Crippen molar-refractivity contribution in [1.29, 1.82) is 0 Å². The molecule has 3 N–H and O–H groups in total. The summed E-state index contributed by atoms with van der Waals surface area (Å²) in [5.41, 5.74) is 0.476. The second kappa shape index (κ2) is 16.0. The fourth-order valence-corrected chi connectivity index (χ4v) is 3.86. The minimum absolute atomic E-state index is 0.0134. The third-order valence-corrected chi connectivity index (χ3v) is 6.24. The molecule has 0 aliphatic heterocycles. The first kappa shape index (κ1) is 32.7. The number of carbonyl (C=O) groups excluding carboxylic acids is 3. The largest absolute Gasteiger partial charge is 0.504 e. The lowest BCUT2D eigenvalue weighted by Crippen LogP contribution is -2.35. The number of rotatable bonds is 15. The molecule has 0 atom stereocenters. The second-order valence-electron chi connectivity index (χ2n) is 8.80. The molecule has 230 valence electrons. The molecule has 0 saturated heterocycles. The molecular formula is C29H31NO12S. The van der Waals surface area contributed by atoms with Gasteiger partial charge in [-0.3, -0.25) is 4.90 Å². The molecule has 0 spiro atoms. The summed E-state index contributed by atoms with van der Waals surface area (Å²) in [5, 5.41) is 29.2. The van der Waals surface area contributed by atoms with E-state index in [1.165, 1.54) is 68.8 Å². The van der Waals surface area contributed by atoms with Gasteiger partial charge in [0.05, 0.1) is 30.9 Å². The van der Waals surface area contributed by atoms with Crippen molar-refractivity contribution in [3.05, 3.63) is 71.3 Å². The van der Waals surface area contributed by atoms with Crippen LogP contribution in [0.4, 0.5) is 0 Å². The van der Waals surface area contributed by atoms with Crippen LogP contribution in [0, 0.1) is 0 Å². The van der Waals surface area contributed by atoms with Gasteiger partial charge in [-0.2, -0.15) is 0 Å². The Morgan fingerprint density at radius 1 is 0.605 bits per heavy atom. The Bertz CT molecular complexity index is 1260. The molecule has 0 aliphatic carbocycles. The van der Waals surface area contributed by atoms with Gasteiger partial charge in [0.1, 0.15) is 19.8 Å². The quantitative estimate of drug-likeness (QED) is 0.0849. The maximum Gasteiger partial charge on any atom is 0.338 e. The molecule has 0 fully saturated rings. The van der Waals surface area contributed by atoms with Crippen LogP contribution in [0.2, 0.25) is 0 Å². The molecule has 0 unspecified atom stereocenters. The Morgan fingerprint density at radius 3 is 1.26 bits per heavy atom. The van der Waals surface area contributed by atoms with Gasteiger partial charge < -0.3 is 43.2 Å². The van der Waals surface area contributed by atoms with E-state index < -0.39 is 17.9 Å². The van der Waals surface area contributed by atoms with E-state index >= 15 is 0 Å². The molecule has 3 rings (SSSR count). The zero-order valence-electron chi connectivity index (χ0n) is 23.3. The van der Waals surface area contributed by atoms with Gasteiger partial charge in [0, 0.05) is 38.6 Å². The molecular weight excluding hydrogens is 586 g/mol. The lowest BCUT2D eigenvalue weighted by atomic mass is 10.2. The van der Waals surface area contributed by atoms with Crippen LogP contribution < -0.4 is 13.7 Å². The van der Waals surface area contributed by atoms with Crippen molar-refractivity contribution in [2.75, 3.05) is 53.7 Å². The van der Waals surface area contributed by atoms with Crippen LogP contribution in [-0.2, 0) is 14.2 Å². The molecule has 0 aliphatic rings. The van der Waals surface area contributed by atoms with E-state index in [2.05, 4.69) is 12.9 Å². The van der Waals surface area contributed by atoms with Crippen molar-refractivity contribution in [1.82, 2.24) is 4.90 Å². The SMILES string of the molecule is COc1cc(C(=O)OCCN(CCOC(=O)c2ccc(O)c(OC)c2)CCOC(=O)c2ccc(O)c(OS)c2)ccc1O. The number of aromatic hydroxyl groups is 3. The predicted octanol–water partition coefficient (Wildman–Crippen LogP) is 3.22. The van der Waals surface area contributed by atoms with Crippen molar-refractivity contribution in [2.24, 2.45) is 0 Å². The van der Waals surface area contributed by atoms with Gasteiger partial charge >= 0.3 is 17.9 Å². The molecule has 0 amide bonds. The number of nitrogens with zero attached hydrogens (tertiary/aromatic N) is 1. The highest BCUT2D eigenvalue weighted by Crippen LogP contribution is 2.29. The van der Waals surface area contributed by atoms with Crippen molar-refractivity contribution in [3.8, 4) is 34.5 Å². The predicted molar refractivity (Wildman–Crippen MR) is 154 cm³/mol. The summed E-state index contributed by atoms with van der Waals surface area (Å²) in [5.74, 6) is -2.19. The Labute approximate surface area is 252 Å². The minimum atomic E-state index is -0.674. The van der Waals surface area contributed by atoms with Crippen LogP contribution in [0.3, 0.4) is 0 Å². The third-order valence-electron chi connectivity index (χ3n) is 6.05.